The molecule has 0 heterocycles. The lowest BCUT2D eigenvalue weighted by Crippen LogP contribution is -2.39. The van der Waals surface area contributed by atoms with Gasteiger partial charge in [-0.1, -0.05) is 6.92 Å². The summed E-state index contributed by atoms with van der Waals surface area (Å²) < 4.78 is 0. The van der Waals surface area contributed by atoms with Gasteiger partial charge >= 0.3 is 0 Å². The average molecular weight is 365 g/mol. The Morgan fingerprint density at radius 1 is 1.13 bits per heavy atom. The third-order valence-corrected chi connectivity index (χ3v) is 2.95. The van der Waals surface area contributed by atoms with Crippen LogP contribution in [0, 0.1) is 0 Å². The first-order chi connectivity index (χ1) is 10.1. The van der Waals surface area contributed by atoms with Crippen LogP contribution in [0.2, 0.25) is 0 Å². The first-order valence-corrected chi connectivity index (χ1v) is 7.16. The van der Waals surface area contributed by atoms with Crippen molar-refractivity contribution in [2.75, 3.05) is 38.0 Å². The summed E-state index contributed by atoms with van der Waals surface area (Å²) in [4.78, 5) is 25.1. The molecule has 2 amide bonds. The van der Waals surface area contributed by atoms with Crippen LogP contribution in [-0.2, 0) is 4.79 Å². The fraction of sp³-hybridized carbons (Fsp3) is 0.467. The molecule has 23 heavy (non-hydrogen) atoms. The number of nitrogens with zero attached hydrogens (tertiary/aromatic N) is 1. The molecule has 6 nitrogen and oxygen atoms in total. The molecule has 0 aliphatic heterocycles. The van der Waals surface area contributed by atoms with Gasteiger partial charge in [0.1, 0.15) is 0 Å². The second-order valence-corrected chi connectivity index (χ2v) is 4.69. The van der Waals surface area contributed by atoms with Crippen molar-refractivity contribution in [3.63, 3.8) is 0 Å². The molecule has 0 aliphatic carbocycles. The number of likely N-dealkylation sites (N-methyl/N-ethyl adjacent to an activating group) is 1. The summed E-state index contributed by atoms with van der Waals surface area (Å²) in [6, 6.07) is 6.87. The Labute approximate surface area is 150 Å². The maximum absolute atomic E-state index is 12.4. The summed E-state index contributed by atoms with van der Waals surface area (Å²) >= 11 is 0. The van der Waals surface area contributed by atoms with E-state index in [0.29, 0.717) is 30.9 Å². The highest BCUT2D eigenvalue weighted by Gasteiger charge is 2.14. The SMILES string of the molecule is CCNCCN(CCN)C(=O)c1ccc(NC(C)=O)cc1.Cl.Cl. The first kappa shape index (κ1) is 23.9. The van der Waals surface area contributed by atoms with Crippen LogP contribution in [0.3, 0.4) is 0 Å². The summed E-state index contributed by atoms with van der Waals surface area (Å²) in [5.74, 6) is -0.183. The van der Waals surface area contributed by atoms with Crippen molar-refractivity contribution in [3.05, 3.63) is 29.8 Å². The summed E-state index contributed by atoms with van der Waals surface area (Å²) in [7, 11) is 0. The zero-order chi connectivity index (χ0) is 15.7. The van der Waals surface area contributed by atoms with Gasteiger partial charge < -0.3 is 21.3 Å². The highest BCUT2D eigenvalue weighted by molar-refractivity contribution is 5.95. The van der Waals surface area contributed by atoms with Crippen LogP contribution < -0.4 is 16.4 Å². The topological polar surface area (TPSA) is 87.5 Å². The lowest BCUT2D eigenvalue weighted by molar-refractivity contribution is -0.114. The van der Waals surface area contributed by atoms with Gasteiger partial charge in [-0.2, -0.15) is 0 Å². The average Bonchev–Trinajstić information content (AvgIpc) is 2.46. The smallest absolute Gasteiger partial charge is 0.253 e. The zero-order valence-electron chi connectivity index (χ0n) is 13.5. The van der Waals surface area contributed by atoms with E-state index in [9.17, 15) is 9.59 Å². The molecule has 0 aromatic heterocycles. The Kier molecular flexibility index (Phi) is 13.7. The second-order valence-electron chi connectivity index (χ2n) is 4.69. The number of carbonyl (C=O) groups excluding carboxylic acids is 2. The van der Waals surface area contributed by atoms with E-state index in [1.165, 1.54) is 6.92 Å². The number of carbonyl (C=O) groups is 2. The Bertz CT molecular complexity index is 469. The standard InChI is InChI=1S/C15H24N4O2.2ClH/c1-3-17-9-11-19(10-8-16)15(21)13-4-6-14(7-5-13)18-12(2)20;;/h4-7,17H,3,8-11,16H2,1-2H3,(H,18,20);2*1H. The highest BCUT2D eigenvalue weighted by atomic mass is 35.5. The van der Waals surface area contributed by atoms with E-state index >= 15 is 0 Å². The van der Waals surface area contributed by atoms with Gasteiger partial charge in [0.25, 0.3) is 5.91 Å². The normalized spacial score (nSPS) is 9.35. The summed E-state index contributed by atoms with van der Waals surface area (Å²) in [6.07, 6.45) is 0. The van der Waals surface area contributed by atoms with Crippen LogP contribution in [0.25, 0.3) is 0 Å². The molecular formula is C15H26Cl2N4O2. The number of benzene rings is 1. The highest BCUT2D eigenvalue weighted by Crippen LogP contribution is 2.11. The summed E-state index contributed by atoms with van der Waals surface area (Å²) in [5.41, 5.74) is 6.84. The molecule has 0 bridgehead atoms. The molecule has 1 rings (SSSR count). The quantitative estimate of drug-likeness (QED) is 0.610. The summed E-state index contributed by atoms with van der Waals surface area (Å²) in [6.45, 7) is 6.66. The van der Waals surface area contributed by atoms with Crippen molar-refractivity contribution in [2.24, 2.45) is 5.73 Å². The van der Waals surface area contributed by atoms with Crippen molar-refractivity contribution in [3.8, 4) is 0 Å². The molecule has 0 radical (unpaired) electrons. The molecule has 0 spiro atoms. The molecule has 1 aromatic rings. The molecule has 0 saturated carbocycles. The van der Waals surface area contributed by atoms with Gasteiger partial charge in [-0.3, -0.25) is 9.59 Å². The number of hydrogen-bond donors (Lipinski definition) is 3. The van der Waals surface area contributed by atoms with Crippen LogP contribution in [-0.4, -0.2) is 49.4 Å². The van der Waals surface area contributed by atoms with Crippen molar-refractivity contribution in [1.29, 1.82) is 0 Å². The Morgan fingerprint density at radius 3 is 2.22 bits per heavy atom. The fourth-order valence-corrected chi connectivity index (χ4v) is 1.94. The molecule has 0 fully saturated rings. The molecule has 132 valence electrons. The molecule has 0 atom stereocenters. The number of hydrogen-bond acceptors (Lipinski definition) is 4. The van der Waals surface area contributed by atoms with Gasteiger partial charge in [0, 0.05) is 44.4 Å². The minimum absolute atomic E-state index is 0. The van der Waals surface area contributed by atoms with Gasteiger partial charge in [-0.05, 0) is 30.8 Å². The Balaban J connectivity index is 0. The van der Waals surface area contributed by atoms with Crippen molar-refractivity contribution in [1.82, 2.24) is 10.2 Å². The largest absolute Gasteiger partial charge is 0.336 e. The monoisotopic (exact) mass is 364 g/mol. The van der Waals surface area contributed by atoms with Gasteiger partial charge in [-0.25, -0.2) is 0 Å². The fourth-order valence-electron chi connectivity index (χ4n) is 1.94. The number of halogens is 2. The predicted octanol–water partition coefficient (Wildman–Crippen LogP) is 1.50. The lowest BCUT2D eigenvalue weighted by Gasteiger charge is -2.22. The molecule has 0 unspecified atom stereocenters. The first-order valence-electron chi connectivity index (χ1n) is 7.16. The predicted molar refractivity (Wildman–Crippen MR) is 98.7 cm³/mol. The molecule has 0 aliphatic rings. The maximum Gasteiger partial charge on any atom is 0.253 e. The van der Waals surface area contributed by atoms with E-state index in [4.69, 9.17) is 5.73 Å². The number of rotatable bonds is 8. The van der Waals surface area contributed by atoms with E-state index in [0.717, 1.165) is 13.1 Å². The molecular weight excluding hydrogens is 339 g/mol. The van der Waals surface area contributed by atoms with Crippen LogP contribution in [0.5, 0.6) is 0 Å². The number of anilines is 1. The zero-order valence-corrected chi connectivity index (χ0v) is 15.1. The Hall–Kier alpha value is -1.34. The lowest BCUT2D eigenvalue weighted by atomic mass is 10.1. The van der Waals surface area contributed by atoms with Crippen LogP contribution in [0.1, 0.15) is 24.2 Å². The third-order valence-electron chi connectivity index (χ3n) is 2.95. The molecule has 4 N–H and O–H groups in total. The number of amides is 2. The van der Waals surface area contributed by atoms with Crippen LogP contribution in [0.4, 0.5) is 5.69 Å². The van der Waals surface area contributed by atoms with Gasteiger partial charge in [0.05, 0.1) is 0 Å². The van der Waals surface area contributed by atoms with Crippen molar-refractivity contribution < 1.29 is 9.59 Å². The Morgan fingerprint density at radius 2 is 1.74 bits per heavy atom. The van der Waals surface area contributed by atoms with Crippen LogP contribution >= 0.6 is 24.8 Å². The molecule has 1 aromatic carbocycles. The van der Waals surface area contributed by atoms with Crippen molar-refractivity contribution in [2.45, 2.75) is 13.8 Å². The van der Waals surface area contributed by atoms with Gasteiger partial charge in [0.2, 0.25) is 5.91 Å². The van der Waals surface area contributed by atoms with E-state index in [1.807, 2.05) is 6.92 Å². The molecule has 8 heteroatoms. The maximum atomic E-state index is 12.4. The van der Waals surface area contributed by atoms with Crippen molar-refractivity contribution >= 4 is 42.3 Å². The van der Waals surface area contributed by atoms with E-state index in [2.05, 4.69) is 10.6 Å². The number of nitrogens with one attached hydrogen (secondary N) is 2. The minimum Gasteiger partial charge on any atom is -0.336 e. The van der Waals surface area contributed by atoms with E-state index in [-0.39, 0.29) is 36.6 Å². The second kappa shape index (κ2) is 13.1. The minimum atomic E-state index is -0.135. The third kappa shape index (κ3) is 8.76. The van der Waals surface area contributed by atoms with E-state index in [1.54, 1.807) is 29.2 Å². The van der Waals surface area contributed by atoms with Gasteiger partial charge in [-0.15, -0.1) is 24.8 Å². The van der Waals surface area contributed by atoms with Gasteiger partial charge in [0.15, 0.2) is 0 Å². The summed E-state index contributed by atoms with van der Waals surface area (Å²) in [5, 5.41) is 5.87. The van der Waals surface area contributed by atoms with Crippen LogP contribution in [0.15, 0.2) is 24.3 Å². The number of nitrogens with two attached hydrogens (primary N) is 1. The molecule has 0 saturated heterocycles. The van der Waals surface area contributed by atoms with E-state index < -0.39 is 0 Å².